The number of aromatic nitrogens is 2. The second-order valence-electron chi connectivity index (χ2n) is 5.28. The molecule has 1 aromatic carbocycles. The lowest BCUT2D eigenvalue weighted by molar-refractivity contribution is -0.384. The van der Waals surface area contributed by atoms with Crippen LogP contribution in [0, 0.1) is 17.0 Å². The molecule has 0 atom stereocenters. The van der Waals surface area contributed by atoms with E-state index < -0.39 is 4.92 Å². The molecule has 0 saturated heterocycles. The van der Waals surface area contributed by atoms with Gasteiger partial charge in [-0.15, -0.1) is 10.2 Å². The summed E-state index contributed by atoms with van der Waals surface area (Å²) in [4.78, 5) is 23.9. The van der Waals surface area contributed by atoms with Gasteiger partial charge in [-0.3, -0.25) is 14.9 Å². The highest BCUT2D eigenvalue weighted by molar-refractivity contribution is 7.99. The predicted molar refractivity (Wildman–Crippen MR) is 94.0 cm³/mol. The van der Waals surface area contributed by atoms with Gasteiger partial charge in [0.05, 0.1) is 22.5 Å². The Balaban J connectivity index is 1.61. The molecule has 0 spiro atoms. The molecule has 0 aliphatic carbocycles. The van der Waals surface area contributed by atoms with Gasteiger partial charge in [0, 0.05) is 24.9 Å². The maximum atomic E-state index is 12.3. The topological polar surface area (TPSA) is 116 Å². The second kappa shape index (κ2) is 7.40. The smallest absolute Gasteiger partial charge is 0.277 e. The first-order valence-electron chi connectivity index (χ1n) is 7.47. The second-order valence-corrected chi connectivity index (χ2v) is 6.21. The Morgan fingerprint density at radius 3 is 2.62 bits per heavy atom. The van der Waals surface area contributed by atoms with Gasteiger partial charge in [0.25, 0.3) is 16.8 Å². The number of carbonyl (C=O) groups excluding carboxylic acids is 1. The normalized spacial score (nSPS) is 10.7. The molecule has 26 heavy (non-hydrogen) atoms. The fourth-order valence-corrected chi connectivity index (χ4v) is 2.82. The molecule has 0 aliphatic heterocycles. The number of amides is 1. The molecular weight excluding hydrogens is 360 g/mol. The average molecular weight is 374 g/mol. The first kappa shape index (κ1) is 17.7. The minimum atomic E-state index is -0.490. The van der Waals surface area contributed by atoms with E-state index in [1.807, 2.05) is 0 Å². The number of nitrogens with zero attached hydrogens (tertiary/aromatic N) is 4. The van der Waals surface area contributed by atoms with E-state index in [-0.39, 0.29) is 22.6 Å². The van der Waals surface area contributed by atoms with Crippen LogP contribution < -0.4 is 4.90 Å². The molecule has 0 aliphatic rings. The predicted octanol–water partition coefficient (Wildman–Crippen LogP) is 3.30. The van der Waals surface area contributed by atoms with E-state index in [1.165, 1.54) is 35.4 Å². The van der Waals surface area contributed by atoms with Gasteiger partial charge < -0.3 is 13.7 Å². The number of benzene rings is 1. The third-order valence-electron chi connectivity index (χ3n) is 3.64. The molecule has 3 aromatic rings. The molecule has 0 fully saturated rings. The monoisotopic (exact) mass is 374 g/mol. The lowest BCUT2D eigenvalue weighted by Gasteiger charge is -2.16. The van der Waals surface area contributed by atoms with Gasteiger partial charge in [-0.25, -0.2) is 0 Å². The summed E-state index contributed by atoms with van der Waals surface area (Å²) in [7, 11) is 1.60. The summed E-state index contributed by atoms with van der Waals surface area (Å²) in [5.74, 6) is 0.872. The Labute approximate surface area is 152 Å². The Bertz CT molecular complexity index is 934. The van der Waals surface area contributed by atoms with E-state index in [0.29, 0.717) is 22.9 Å². The van der Waals surface area contributed by atoms with Gasteiger partial charge in [0.15, 0.2) is 0 Å². The number of hydrogen-bond donors (Lipinski definition) is 0. The largest absolute Gasteiger partial charge is 0.469 e. The van der Waals surface area contributed by atoms with E-state index in [0.717, 1.165) is 11.8 Å². The van der Waals surface area contributed by atoms with E-state index in [9.17, 15) is 14.9 Å². The van der Waals surface area contributed by atoms with Gasteiger partial charge >= 0.3 is 0 Å². The molecule has 0 N–H and O–H groups in total. The minimum Gasteiger partial charge on any atom is -0.469 e. The molecule has 134 valence electrons. The number of nitro groups is 1. The third-order valence-corrected chi connectivity index (χ3v) is 4.44. The zero-order valence-electron chi connectivity index (χ0n) is 13.9. The number of anilines is 1. The Morgan fingerprint density at radius 1 is 1.27 bits per heavy atom. The molecule has 2 heterocycles. The number of rotatable bonds is 6. The van der Waals surface area contributed by atoms with Crippen LogP contribution >= 0.6 is 11.8 Å². The number of nitro benzene ring substituents is 1. The first-order valence-corrected chi connectivity index (χ1v) is 8.46. The fraction of sp³-hybridized carbons (Fsp3) is 0.188. The molecule has 0 saturated carbocycles. The summed E-state index contributed by atoms with van der Waals surface area (Å²) in [5.41, 5.74) is 1.23. The van der Waals surface area contributed by atoms with Gasteiger partial charge in [-0.2, -0.15) is 0 Å². The van der Waals surface area contributed by atoms with Crippen LogP contribution in [0.3, 0.4) is 0 Å². The molecule has 0 bridgehead atoms. The van der Waals surface area contributed by atoms with Gasteiger partial charge in [-0.1, -0.05) is 11.8 Å². The van der Waals surface area contributed by atoms with Crippen molar-refractivity contribution in [2.45, 2.75) is 12.1 Å². The Kier molecular flexibility index (Phi) is 5.03. The van der Waals surface area contributed by atoms with Crippen molar-refractivity contribution in [3.8, 4) is 11.5 Å². The first-order chi connectivity index (χ1) is 12.5. The van der Waals surface area contributed by atoms with Crippen LogP contribution in [0.4, 0.5) is 11.4 Å². The Hall–Kier alpha value is -3.14. The van der Waals surface area contributed by atoms with Crippen LogP contribution in [0.25, 0.3) is 11.5 Å². The number of thioether (sulfide) groups is 1. The Morgan fingerprint density at radius 2 is 2.00 bits per heavy atom. The quantitative estimate of drug-likeness (QED) is 0.367. The molecular formula is C16H14N4O5S. The molecule has 1 amide bonds. The fourth-order valence-electron chi connectivity index (χ4n) is 2.15. The molecule has 9 nitrogen and oxygen atoms in total. The maximum Gasteiger partial charge on any atom is 0.277 e. The standard InChI is InChI=1S/C16H14N4O5S/c1-10-13(7-8-24-10)15-17-18-16(25-15)26-9-14(21)19(2)11-3-5-12(6-4-11)20(22)23/h3-8H,9H2,1-2H3. The maximum absolute atomic E-state index is 12.3. The van der Waals surface area contributed by atoms with Crippen LogP contribution in [0.1, 0.15) is 5.76 Å². The van der Waals surface area contributed by atoms with Crippen molar-refractivity contribution in [2.24, 2.45) is 0 Å². The number of aryl methyl sites for hydroxylation is 1. The summed E-state index contributed by atoms with van der Waals surface area (Å²) in [6, 6.07) is 7.47. The third kappa shape index (κ3) is 3.75. The van der Waals surface area contributed by atoms with Crippen molar-refractivity contribution in [3.63, 3.8) is 0 Å². The summed E-state index contributed by atoms with van der Waals surface area (Å²) in [6.07, 6.45) is 1.53. The van der Waals surface area contributed by atoms with Crippen molar-refractivity contribution >= 4 is 29.0 Å². The number of furan rings is 1. The zero-order chi connectivity index (χ0) is 18.7. The van der Waals surface area contributed by atoms with Crippen molar-refractivity contribution in [2.75, 3.05) is 17.7 Å². The average Bonchev–Trinajstić information content (AvgIpc) is 3.27. The van der Waals surface area contributed by atoms with Crippen LogP contribution in [0.5, 0.6) is 0 Å². The molecule has 2 aromatic heterocycles. The molecule has 0 radical (unpaired) electrons. The zero-order valence-corrected chi connectivity index (χ0v) is 14.7. The molecule has 10 heteroatoms. The lowest BCUT2D eigenvalue weighted by atomic mass is 10.2. The highest BCUT2D eigenvalue weighted by Crippen LogP contribution is 2.27. The van der Waals surface area contributed by atoms with Gasteiger partial charge in [0.2, 0.25) is 5.91 Å². The van der Waals surface area contributed by atoms with E-state index in [4.69, 9.17) is 8.83 Å². The molecule has 3 rings (SSSR count). The SMILES string of the molecule is Cc1occc1-c1nnc(SCC(=O)N(C)c2ccc([N+](=O)[O-])cc2)o1. The number of hydrogen-bond acceptors (Lipinski definition) is 8. The van der Waals surface area contributed by atoms with E-state index in [2.05, 4.69) is 10.2 Å². The van der Waals surface area contributed by atoms with Crippen molar-refractivity contribution in [1.82, 2.24) is 10.2 Å². The number of non-ortho nitro benzene ring substituents is 1. The van der Waals surface area contributed by atoms with Crippen LogP contribution in [-0.4, -0.2) is 33.8 Å². The minimum absolute atomic E-state index is 0.0306. The molecule has 0 unspecified atom stereocenters. The number of carbonyl (C=O) groups is 1. The highest BCUT2D eigenvalue weighted by atomic mass is 32.2. The summed E-state index contributed by atoms with van der Waals surface area (Å²) >= 11 is 1.11. The lowest BCUT2D eigenvalue weighted by Crippen LogP contribution is -2.27. The summed E-state index contributed by atoms with van der Waals surface area (Å²) in [6.45, 7) is 1.79. The van der Waals surface area contributed by atoms with Gasteiger partial charge in [-0.05, 0) is 25.1 Å². The van der Waals surface area contributed by atoms with Crippen LogP contribution in [0.15, 0.2) is 50.7 Å². The van der Waals surface area contributed by atoms with Crippen molar-refractivity contribution < 1.29 is 18.6 Å². The van der Waals surface area contributed by atoms with E-state index in [1.54, 1.807) is 20.0 Å². The van der Waals surface area contributed by atoms with Crippen molar-refractivity contribution in [1.29, 1.82) is 0 Å². The summed E-state index contributed by atoms with van der Waals surface area (Å²) in [5, 5.41) is 18.8. The van der Waals surface area contributed by atoms with Crippen LogP contribution in [0.2, 0.25) is 0 Å². The van der Waals surface area contributed by atoms with E-state index >= 15 is 0 Å². The van der Waals surface area contributed by atoms with Crippen molar-refractivity contribution in [3.05, 3.63) is 52.5 Å². The van der Waals surface area contributed by atoms with Crippen LogP contribution in [-0.2, 0) is 4.79 Å². The summed E-state index contributed by atoms with van der Waals surface area (Å²) < 4.78 is 10.7. The highest BCUT2D eigenvalue weighted by Gasteiger charge is 2.17. The van der Waals surface area contributed by atoms with Gasteiger partial charge in [0.1, 0.15) is 5.76 Å².